The third kappa shape index (κ3) is 2.48. The zero-order valence-corrected chi connectivity index (χ0v) is 12.4. The van der Waals surface area contributed by atoms with Gasteiger partial charge in [-0.25, -0.2) is 0 Å². The Balaban J connectivity index is 1.90. The molecule has 1 aliphatic heterocycles. The van der Waals surface area contributed by atoms with E-state index in [1.807, 2.05) is 12.1 Å². The highest BCUT2D eigenvalue weighted by Crippen LogP contribution is 2.29. The molecule has 2 N–H and O–H groups in total. The minimum absolute atomic E-state index is 0.230. The molecular formula is C17H24N2O. The molecule has 1 aromatic heterocycles. The minimum atomic E-state index is 0.230. The topological polar surface area (TPSA) is 42.4 Å². The molecule has 1 fully saturated rings. The number of hydrogen-bond acceptors (Lipinski definition) is 3. The van der Waals surface area contributed by atoms with Gasteiger partial charge in [0.2, 0.25) is 0 Å². The molecule has 0 aliphatic carbocycles. The second-order valence-electron chi connectivity index (χ2n) is 6.03. The Morgan fingerprint density at radius 1 is 1.35 bits per heavy atom. The van der Waals surface area contributed by atoms with Gasteiger partial charge in [-0.3, -0.25) is 4.90 Å². The van der Waals surface area contributed by atoms with E-state index in [4.69, 9.17) is 10.2 Å². The molecule has 2 aromatic rings. The average molecular weight is 272 g/mol. The van der Waals surface area contributed by atoms with Crippen LogP contribution in [0.3, 0.4) is 0 Å². The van der Waals surface area contributed by atoms with Crippen LogP contribution in [0.25, 0.3) is 11.0 Å². The van der Waals surface area contributed by atoms with E-state index in [1.165, 1.54) is 30.2 Å². The Labute approximate surface area is 120 Å². The van der Waals surface area contributed by atoms with Gasteiger partial charge in [0, 0.05) is 29.6 Å². The van der Waals surface area contributed by atoms with Gasteiger partial charge in [0.1, 0.15) is 11.3 Å². The lowest BCUT2D eigenvalue weighted by molar-refractivity contribution is 0.123. The van der Waals surface area contributed by atoms with E-state index >= 15 is 0 Å². The lowest BCUT2D eigenvalue weighted by Crippen LogP contribution is -2.48. The summed E-state index contributed by atoms with van der Waals surface area (Å²) < 4.78 is 5.88. The van der Waals surface area contributed by atoms with Gasteiger partial charge < -0.3 is 10.2 Å². The smallest absolute Gasteiger partial charge is 0.134 e. The number of furan rings is 1. The van der Waals surface area contributed by atoms with Gasteiger partial charge in [0.05, 0.1) is 0 Å². The molecule has 0 amide bonds. The van der Waals surface area contributed by atoms with Crippen LogP contribution in [-0.4, -0.2) is 23.5 Å². The van der Waals surface area contributed by atoms with E-state index in [2.05, 4.69) is 30.9 Å². The number of nitrogens with two attached hydrogens (primary N) is 1. The van der Waals surface area contributed by atoms with Gasteiger partial charge in [0.15, 0.2) is 0 Å². The number of aryl methyl sites for hydroxylation is 1. The largest absolute Gasteiger partial charge is 0.461 e. The zero-order valence-electron chi connectivity index (χ0n) is 12.4. The maximum absolute atomic E-state index is 6.17. The molecule has 0 spiro atoms. The predicted molar refractivity (Wildman–Crippen MR) is 82.6 cm³/mol. The fourth-order valence-corrected chi connectivity index (χ4v) is 3.43. The summed E-state index contributed by atoms with van der Waals surface area (Å²) in [6, 6.07) is 9.04. The molecule has 20 heavy (non-hydrogen) atoms. The summed E-state index contributed by atoms with van der Waals surface area (Å²) in [5.41, 5.74) is 8.49. The third-order valence-electron chi connectivity index (χ3n) is 4.53. The van der Waals surface area contributed by atoms with Crippen molar-refractivity contribution in [2.75, 3.05) is 6.54 Å². The first-order valence-electron chi connectivity index (χ1n) is 7.63. The molecule has 3 rings (SSSR count). The van der Waals surface area contributed by atoms with Gasteiger partial charge in [0.25, 0.3) is 0 Å². The molecule has 2 heterocycles. The molecule has 3 nitrogen and oxygen atoms in total. The van der Waals surface area contributed by atoms with Crippen molar-refractivity contribution in [1.82, 2.24) is 4.90 Å². The number of para-hydroxylation sites is 1. The monoisotopic (exact) mass is 272 g/mol. The Bertz CT molecular complexity index is 588. The third-order valence-corrected chi connectivity index (χ3v) is 4.53. The Kier molecular flexibility index (Phi) is 3.81. The molecule has 3 heteroatoms. The fraction of sp³-hybridized carbons (Fsp3) is 0.529. The van der Waals surface area contributed by atoms with Gasteiger partial charge >= 0.3 is 0 Å². The van der Waals surface area contributed by atoms with Gasteiger partial charge in [-0.05, 0) is 39.3 Å². The van der Waals surface area contributed by atoms with Crippen molar-refractivity contribution >= 4 is 11.0 Å². The maximum Gasteiger partial charge on any atom is 0.134 e. The minimum Gasteiger partial charge on any atom is -0.461 e. The van der Waals surface area contributed by atoms with Crippen molar-refractivity contribution in [2.24, 2.45) is 5.73 Å². The van der Waals surface area contributed by atoms with Crippen LogP contribution < -0.4 is 5.73 Å². The average Bonchev–Trinajstić information content (AvgIpc) is 2.76. The molecule has 0 radical (unpaired) electrons. The lowest BCUT2D eigenvalue weighted by Gasteiger charge is -2.38. The Hall–Kier alpha value is -1.32. The highest BCUT2D eigenvalue weighted by Gasteiger charge is 2.26. The van der Waals surface area contributed by atoms with Crippen LogP contribution in [0.15, 0.2) is 28.7 Å². The number of likely N-dealkylation sites (tertiary alicyclic amines) is 1. The second kappa shape index (κ2) is 5.58. The van der Waals surface area contributed by atoms with E-state index in [0.29, 0.717) is 6.04 Å². The van der Waals surface area contributed by atoms with Crippen LogP contribution in [0.5, 0.6) is 0 Å². The number of fused-ring (bicyclic) bond motifs is 1. The van der Waals surface area contributed by atoms with Gasteiger partial charge in [-0.2, -0.15) is 0 Å². The lowest BCUT2D eigenvalue weighted by atomic mass is 9.96. The quantitative estimate of drug-likeness (QED) is 0.930. The van der Waals surface area contributed by atoms with Crippen molar-refractivity contribution in [2.45, 2.75) is 51.7 Å². The number of hydrogen-bond donors (Lipinski definition) is 1. The van der Waals surface area contributed by atoms with Gasteiger partial charge in [-0.15, -0.1) is 0 Å². The predicted octanol–water partition coefficient (Wildman–Crippen LogP) is 3.44. The molecule has 1 aliphatic rings. The summed E-state index contributed by atoms with van der Waals surface area (Å²) in [6.45, 7) is 6.30. The standard InChI is InChI=1S/C17H24N2O/c1-12(18)16-8-5-6-10-19(16)11-15-13(2)20-17-9-4-3-7-14(15)17/h3-4,7,9,12,16H,5-6,8,10-11,18H2,1-2H3. The summed E-state index contributed by atoms with van der Waals surface area (Å²) >= 11 is 0. The van der Waals surface area contributed by atoms with Crippen LogP contribution in [0.1, 0.15) is 37.5 Å². The SMILES string of the molecule is Cc1oc2ccccc2c1CN1CCCCC1C(C)N. The second-order valence-corrected chi connectivity index (χ2v) is 6.03. The summed E-state index contributed by atoms with van der Waals surface area (Å²) in [5.74, 6) is 1.04. The number of benzene rings is 1. The summed E-state index contributed by atoms with van der Waals surface area (Å²) in [7, 11) is 0. The van der Waals surface area contributed by atoms with Crippen LogP contribution >= 0.6 is 0 Å². The Morgan fingerprint density at radius 3 is 2.95 bits per heavy atom. The molecule has 2 atom stereocenters. The summed E-state index contributed by atoms with van der Waals surface area (Å²) in [5, 5.41) is 1.25. The maximum atomic E-state index is 6.17. The van der Waals surface area contributed by atoms with E-state index in [1.54, 1.807) is 0 Å². The van der Waals surface area contributed by atoms with E-state index < -0.39 is 0 Å². The number of piperidine rings is 1. The highest BCUT2D eigenvalue weighted by molar-refractivity contribution is 5.82. The first-order chi connectivity index (χ1) is 9.66. The van der Waals surface area contributed by atoms with Crippen LogP contribution in [-0.2, 0) is 6.54 Å². The first kappa shape index (κ1) is 13.7. The van der Waals surface area contributed by atoms with Crippen molar-refractivity contribution in [3.8, 4) is 0 Å². The molecular weight excluding hydrogens is 248 g/mol. The van der Waals surface area contributed by atoms with Crippen LogP contribution in [0, 0.1) is 6.92 Å². The van der Waals surface area contributed by atoms with E-state index in [9.17, 15) is 0 Å². The number of rotatable bonds is 3. The fourth-order valence-electron chi connectivity index (χ4n) is 3.43. The molecule has 0 bridgehead atoms. The van der Waals surface area contributed by atoms with Crippen LogP contribution in [0.4, 0.5) is 0 Å². The molecule has 1 aromatic carbocycles. The van der Waals surface area contributed by atoms with E-state index in [-0.39, 0.29) is 6.04 Å². The first-order valence-corrected chi connectivity index (χ1v) is 7.63. The summed E-state index contributed by atoms with van der Waals surface area (Å²) in [6.07, 6.45) is 3.79. The normalized spacial score (nSPS) is 22.2. The van der Waals surface area contributed by atoms with Crippen molar-refractivity contribution in [3.05, 3.63) is 35.6 Å². The molecule has 1 saturated heterocycles. The summed E-state index contributed by atoms with van der Waals surface area (Å²) in [4.78, 5) is 2.54. The van der Waals surface area contributed by atoms with Crippen LogP contribution in [0.2, 0.25) is 0 Å². The zero-order chi connectivity index (χ0) is 14.1. The number of nitrogens with zero attached hydrogens (tertiary/aromatic N) is 1. The van der Waals surface area contributed by atoms with E-state index in [0.717, 1.165) is 24.4 Å². The van der Waals surface area contributed by atoms with Crippen molar-refractivity contribution in [1.29, 1.82) is 0 Å². The molecule has 2 unspecified atom stereocenters. The molecule has 108 valence electrons. The van der Waals surface area contributed by atoms with Gasteiger partial charge in [-0.1, -0.05) is 24.6 Å². The molecule has 0 saturated carbocycles. The van der Waals surface area contributed by atoms with Crippen molar-refractivity contribution < 1.29 is 4.42 Å². The highest BCUT2D eigenvalue weighted by atomic mass is 16.3. The Morgan fingerprint density at radius 2 is 2.15 bits per heavy atom. The van der Waals surface area contributed by atoms with Crippen molar-refractivity contribution in [3.63, 3.8) is 0 Å².